The highest BCUT2D eigenvalue weighted by atomic mass is 32.2. The Balaban J connectivity index is 1.41. The van der Waals surface area contributed by atoms with Crippen molar-refractivity contribution in [3.63, 3.8) is 0 Å². The molecular formula is C18H17N7O6S2. The summed E-state index contributed by atoms with van der Waals surface area (Å²) >= 11 is 1.15. The molecule has 0 saturated carbocycles. The van der Waals surface area contributed by atoms with Crippen molar-refractivity contribution < 1.29 is 18.3 Å². The number of sulfonamides is 1. The average molecular weight is 492 g/mol. The molecular weight excluding hydrogens is 474 g/mol. The number of pyridine rings is 1. The molecule has 15 heteroatoms. The van der Waals surface area contributed by atoms with Crippen molar-refractivity contribution in [3.8, 4) is 0 Å². The Kier molecular flexibility index (Phi) is 6.26. The predicted octanol–water partition coefficient (Wildman–Crippen LogP) is 1.85. The van der Waals surface area contributed by atoms with E-state index in [0.717, 1.165) is 29.9 Å². The molecule has 0 aliphatic carbocycles. The Morgan fingerprint density at radius 2 is 1.73 bits per heavy atom. The summed E-state index contributed by atoms with van der Waals surface area (Å²) in [7, 11) is -3.88. The maximum atomic E-state index is 12.8. The Morgan fingerprint density at radius 1 is 1.00 bits per heavy atom. The van der Waals surface area contributed by atoms with Crippen LogP contribution >= 0.6 is 11.5 Å². The molecule has 3 heterocycles. The number of nitro groups is 2. The van der Waals surface area contributed by atoms with Gasteiger partial charge in [0.05, 0.1) is 9.85 Å². The van der Waals surface area contributed by atoms with Gasteiger partial charge in [0.15, 0.2) is 5.03 Å². The number of hydrogen-bond acceptors (Lipinski definition) is 11. The topological polar surface area (TPSA) is 166 Å². The lowest BCUT2D eigenvalue weighted by Crippen LogP contribution is -2.48. The maximum absolute atomic E-state index is 12.8. The lowest BCUT2D eigenvalue weighted by atomic mass is 10.1. The number of nitro benzene ring substituents is 1. The van der Waals surface area contributed by atoms with Crippen molar-refractivity contribution in [2.75, 3.05) is 31.1 Å². The third-order valence-corrected chi connectivity index (χ3v) is 7.67. The molecule has 1 aliphatic rings. The SMILES string of the molecule is O=[N+]([O-])c1ccc(S(=O)(=O)N2CCN(c3nc(Cc4ccccc4[N+](=O)[O-])ns3)CC2)nc1. The van der Waals surface area contributed by atoms with Crippen LogP contribution in [0.3, 0.4) is 0 Å². The highest BCUT2D eigenvalue weighted by Gasteiger charge is 2.31. The van der Waals surface area contributed by atoms with E-state index in [-0.39, 0.29) is 35.9 Å². The Hall–Kier alpha value is -3.56. The number of piperazine rings is 1. The molecule has 172 valence electrons. The van der Waals surface area contributed by atoms with Gasteiger partial charge in [-0.2, -0.15) is 8.68 Å². The molecule has 1 fully saturated rings. The third-order valence-electron chi connectivity index (χ3n) is 5.04. The summed E-state index contributed by atoms with van der Waals surface area (Å²) in [6, 6.07) is 8.64. The molecule has 3 aromatic rings. The van der Waals surface area contributed by atoms with Crippen molar-refractivity contribution in [2.24, 2.45) is 0 Å². The molecule has 2 aromatic heterocycles. The van der Waals surface area contributed by atoms with E-state index in [2.05, 4.69) is 14.3 Å². The van der Waals surface area contributed by atoms with Crippen LogP contribution in [-0.4, -0.2) is 63.1 Å². The molecule has 1 saturated heterocycles. The Bertz CT molecular complexity index is 1290. The first-order chi connectivity index (χ1) is 15.8. The molecule has 0 N–H and O–H groups in total. The van der Waals surface area contributed by atoms with Gasteiger partial charge in [-0.05, 0) is 6.07 Å². The summed E-state index contributed by atoms with van der Waals surface area (Å²) in [5.74, 6) is 0.453. The smallest absolute Gasteiger partial charge is 0.287 e. The molecule has 0 unspecified atom stereocenters. The standard InChI is InChI=1S/C18H17N7O6S2/c26-24(27)14-5-6-17(19-12-14)33(30,31)23-9-7-22(8-10-23)18-20-16(21-32-18)11-13-3-1-2-4-15(13)25(28)29/h1-6,12H,7-11H2. The predicted molar refractivity (Wildman–Crippen MR) is 118 cm³/mol. The molecule has 0 spiro atoms. The number of hydrogen-bond donors (Lipinski definition) is 0. The van der Waals surface area contributed by atoms with Crippen LogP contribution in [0.4, 0.5) is 16.5 Å². The quantitative estimate of drug-likeness (QED) is 0.351. The van der Waals surface area contributed by atoms with Crippen LogP contribution in [0.1, 0.15) is 11.4 Å². The fourth-order valence-electron chi connectivity index (χ4n) is 3.34. The van der Waals surface area contributed by atoms with Crippen LogP contribution in [0, 0.1) is 20.2 Å². The second kappa shape index (κ2) is 9.13. The fraction of sp³-hybridized carbons (Fsp3) is 0.278. The summed E-state index contributed by atoms with van der Waals surface area (Å²) in [6.07, 6.45) is 1.14. The van der Waals surface area contributed by atoms with E-state index in [1.807, 2.05) is 4.90 Å². The van der Waals surface area contributed by atoms with E-state index >= 15 is 0 Å². The first kappa shape index (κ1) is 22.6. The minimum absolute atomic E-state index is 0.00697. The van der Waals surface area contributed by atoms with Gasteiger partial charge in [0, 0.05) is 61.8 Å². The van der Waals surface area contributed by atoms with E-state index in [9.17, 15) is 28.6 Å². The van der Waals surface area contributed by atoms with E-state index in [0.29, 0.717) is 29.6 Å². The van der Waals surface area contributed by atoms with Crippen LogP contribution in [0.25, 0.3) is 0 Å². The van der Waals surface area contributed by atoms with Crippen LogP contribution in [-0.2, 0) is 16.4 Å². The zero-order valence-electron chi connectivity index (χ0n) is 17.0. The van der Waals surface area contributed by atoms with Crippen LogP contribution in [0.5, 0.6) is 0 Å². The Morgan fingerprint density at radius 3 is 2.36 bits per heavy atom. The molecule has 0 radical (unpaired) electrons. The summed E-state index contributed by atoms with van der Waals surface area (Å²) in [4.78, 5) is 31.0. The summed E-state index contributed by atoms with van der Waals surface area (Å²) in [5.41, 5.74) is 0.234. The molecule has 0 atom stereocenters. The minimum atomic E-state index is -3.88. The zero-order chi connectivity index (χ0) is 23.6. The van der Waals surface area contributed by atoms with Gasteiger partial charge in [0.1, 0.15) is 12.0 Å². The van der Waals surface area contributed by atoms with Crippen LogP contribution in [0.2, 0.25) is 0 Å². The minimum Gasteiger partial charge on any atom is -0.344 e. The normalized spacial score (nSPS) is 14.8. The number of rotatable bonds is 7. The third kappa shape index (κ3) is 4.79. The van der Waals surface area contributed by atoms with Gasteiger partial charge in [-0.25, -0.2) is 18.4 Å². The molecule has 0 bridgehead atoms. The van der Waals surface area contributed by atoms with E-state index in [1.54, 1.807) is 18.2 Å². The first-order valence-electron chi connectivity index (χ1n) is 9.66. The highest BCUT2D eigenvalue weighted by molar-refractivity contribution is 7.89. The average Bonchev–Trinajstić information content (AvgIpc) is 3.28. The number of aromatic nitrogens is 3. The second-order valence-electron chi connectivity index (χ2n) is 7.06. The van der Waals surface area contributed by atoms with Gasteiger partial charge in [-0.3, -0.25) is 20.2 Å². The highest BCUT2D eigenvalue weighted by Crippen LogP contribution is 2.25. The first-order valence-corrected chi connectivity index (χ1v) is 11.9. The largest absolute Gasteiger partial charge is 0.344 e. The molecule has 4 rings (SSSR count). The van der Waals surface area contributed by atoms with Crippen molar-refractivity contribution in [2.45, 2.75) is 11.4 Å². The summed E-state index contributed by atoms with van der Waals surface area (Å²) in [6.45, 7) is 1.10. The number of benzene rings is 1. The van der Waals surface area contributed by atoms with Crippen molar-refractivity contribution in [1.29, 1.82) is 0 Å². The number of para-hydroxylation sites is 1. The van der Waals surface area contributed by atoms with Crippen molar-refractivity contribution >= 4 is 38.1 Å². The lowest BCUT2D eigenvalue weighted by Gasteiger charge is -2.33. The fourth-order valence-corrected chi connectivity index (χ4v) is 5.41. The number of nitrogens with zero attached hydrogens (tertiary/aromatic N) is 7. The van der Waals surface area contributed by atoms with Gasteiger partial charge in [-0.1, -0.05) is 18.2 Å². The van der Waals surface area contributed by atoms with Gasteiger partial charge in [0.2, 0.25) is 5.13 Å². The molecule has 1 aromatic carbocycles. The maximum Gasteiger partial charge on any atom is 0.287 e. The van der Waals surface area contributed by atoms with Gasteiger partial charge < -0.3 is 4.90 Å². The lowest BCUT2D eigenvalue weighted by molar-refractivity contribution is -0.385. The van der Waals surface area contributed by atoms with Gasteiger partial charge in [-0.15, -0.1) is 0 Å². The second-order valence-corrected chi connectivity index (χ2v) is 9.67. The summed E-state index contributed by atoms with van der Waals surface area (Å²) < 4.78 is 31.2. The van der Waals surface area contributed by atoms with E-state index in [1.165, 1.54) is 10.4 Å². The summed E-state index contributed by atoms with van der Waals surface area (Å²) in [5, 5.41) is 22.3. The molecule has 0 amide bonds. The Labute approximate surface area is 191 Å². The van der Waals surface area contributed by atoms with Crippen molar-refractivity contribution in [1.82, 2.24) is 18.6 Å². The molecule has 33 heavy (non-hydrogen) atoms. The van der Waals surface area contributed by atoms with E-state index < -0.39 is 19.9 Å². The molecule has 1 aliphatic heterocycles. The number of anilines is 1. The monoisotopic (exact) mass is 491 g/mol. The van der Waals surface area contributed by atoms with Crippen LogP contribution < -0.4 is 4.90 Å². The zero-order valence-corrected chi connectivity index (χ0v) is 18.6. The van der Waals surface area contributed by atoms with Gasteiger partial charge >= 0.3 is 0 Å². The van der Waals surface area contributed by atoms with Gasteiger partial charge in [0.25, 0.3) is 21.4 Å². The van der Waals surface area contributed by atoms with E-state index in [4.69, 9.17) is 0 Å². The molecule has 13 nitrogen and oxygen atoms in total. The van der Waals surface area contributed by atoms with Crippen LogP contribution in [0.15, 0.2) is 47.6 Å². The van der Waals surface area contributed by atoms with Crippen molar-refractivity contribution in [3.05, 3.63) is 74.2 Å².